The Morgan fingerprint density at radius 3 is 2.47 bits per heavy atom. The van der Waals surface area contributed by atoms with Gasteiger partial charge in [0, 0.05) is 12.1 Å². The highest BCUT2D eigenvalue weighted by atomic mass is 16.6. The number of benzene rings is 1. The van der Waals surface area contributed by atoms with Crippen molar-refractivity contribution < 1.29 is 4.92 Å². The third-order valence-electron chi connectivity index (χ3n) is 4.14. The lowest BCUT2D eigenvalue weighted by Crippen LogP contribution is -2.18. The monoisotopic (exact) mass is 262 g/mol. The maximum atomic E-state index is 11.2. The Morgan fingerprint density at radius 2 is 1.95 bits per heavy atom. The zero-order valence-corrected chi connectivity index (χ0v) is 12.1. The number of nitrogens with zero attached hydrogens (tertiary/aromatic N) is 1. The van der Waals surface area contributed by atoms with E-state index in [4.69, 9.17) is 0 Å². The first-order valence-electron chi connectivity index (χ1n) is 6.81. The summed E-state index contributed by atoms with van der Waals surface area (Å²) in [4.78, 5) is 10.9. The fourth-order valence-corrected chi connectivity index (χ4v) is 2.85. The Bertz CT molecular complexity index is 509. The van der Waals surface area contributed by atoms with E-state index in [0.29, 0.717) is 17.1 Å². The predicted octanol–water partition coefficient (Wildman–Crippen LogP) is 4.20. The lowest BCUT2D eigenvalue weighted by atomic mass is 9.92. The Hall–Kier alpha value is -1.58. The van der Waals surface area contributed by atoms with Crippen molar-refractivity contribution in [1.29, 1.82) is 0 Å². The molecule has 1 N–H and O–H groups in total. The van der Waals surface area contributed by atoms with Gasteiger partial charge >= 0.3 is 0 Å². The second kappa shape index (κ2) is 4.83. The van der Waals surface area contributed by atoms with Crippen LogP contribution in [0.3, 0.4) is 0 Å². The molecule has 4 heteroatoms. The van der Waals surface area contributed by atoms with Crippen LogP contribution in [0.2, 0.25) is 0 Å². The number of nitro benzene ring substituents is 1. The largest absolute Gasteiger partial charge is 0.377 e. The molecule has 19 heavy (non-hydrogen) atoms. The van der Waals surface area contributed by atoms with Gasteiger partial charge in [0.1, 0.15) is 5.69 Å². The molecule has 1 aliphatic carbocycles. The van der Waals surface area contributed by atoms with Crippen molar-refractivity contribution in [3.63, 3.8) is 0 Å². The fourth-order valence-electron chi connectivity index (χ4n) is 2.85. The predicted molar refractivity (Wildman–Crippen MR) is 77.6 cm³/mol. The molecule has 1 aromatic carbocycles. The first kappa shape index (κ1) is 13.8. The summed E-state index contributed by atoms with van der Waals surface area (Å²) in [6.07, 6.45) is 3.32. The lowest BCUT2D eigenvalue weighted by molar-refractivity contribution is -0.384. The number of rotatable bonds is 3. The van der Waals surface area contributed by atoms with E-state index in [1.54, 1.807) is 6.07 Å². The second-order valence-corrected chi connectivity index (χ2v) is 6.46. The van der Waals surface area contributed by atoms with Crippen molar-refractivity contribution in [1.82, 2.24) is 0 Å². The van der Waals surface area contributed by atoms with Gasteiger partial charge in [-0.1, -0.05) is 13.8 Å². The Morgan fingerprint density at radius 1 is 1.32 bits per heavy atom. The zero-order valence-electron chi connectivity index (χ0n) is 12.1. The molecule has 1 fully saturated rings. The topological polar surface area (TPSA) is 55.2 Å². The minimum atomic E-state index is -0.297. The minimum absolute atomic E-state index is 0.188. The van der Waals surface area contributed by atoms with Gasteiger partial charge in [-0.25, -0.2) is 0 Å². The van der Waals surface area contributed by atoms with Crippen LogP contribution < -0.4 is 5.32 Å². The quantitative estimate of drug-likeness (QED) is 0.656. The van der Waals surface area contributed by atoms with Crippen LogP contribution in [0.15, 0.2) is 12.1 Å². The second-order valence-electron chi connectivity index (χ2n) is 6.46. The normalized spacial score (nSPS) is 21.4. The molecule has 2 rings (SSSR count). The van der Waals surface area contributed by atoms with Crippen LogP contribution in [0.4, 0.5) is 11.4 Å². The highest BCUT2D eigenvalue weighted by Gasteiger charge is 2.31. The van der Waals surface area contributed by atoms with E-state index < -0.39 is 0 Å². The Balaban J connectivity index is 2.25. The maximum Gasteiger partial charge on any atom is 0.292 e. The Labute approximate surface area is 114 Å². The number of hydrogen-bond acceptors (Lipinski definition) is 3. The lowest BCUT2D eigenvalue weighted by Gasteiger charge is -2.19. The summed E-state index contributed by atoms with van der Waals surface area (Å²) < 4.78 is 0. The van der Waals surface area contributed by atoms with E-state index in [0.717, 1.165) is 24.0 Å². The summed E-state index contributed by atoms with van der Waals surface area (Å²) in [5, 5.41) is 14.5. The third-order valence-corrected chi connectivity index (χ3v) is 4.14. The summed E-state index contributed by atoms with van der Waals surface area (Å²) in [7, 11) is 0. The standard InChI is InChI=1S/C15H22N2O2/c1-10-7-13(14(17(18)19)8-11(10)2)16-12-5-6-15(3,4)9-12/h7-8,12,16H,5-6,9H2,1-4H3. The number of nitrogens with one attached hydrogen (secondary N) is 1. The highest BCUT2D eigenvalue weighted by molar-refractivity contribution is 5.65. The van der Waals surface area contributed by atoms with Crippen LogP contribution in [0.5, 0.6) is 0 Å². The number of aryl methyl sites for hydroxylation is 2. The molecule has 0 bridgehead atoms. The first-order chi connectivity index (χ1) is 8.78. The van der Waals surface area contributed by atoms with Crippen molar-refractivity contribution in [2.24, 2.45) is 5.41 Å². The zero-order chi connectivity index (χ0) is 14.2. The molecule has 0 radical (unpaired) electrons. The summed E-state index contributed by atoms with van der Waals surface area (Å²) in [5.74, 6) is 0. The van der Waals surface area contributed by atoms with E-state index >= 15 is 0 Å². The molecule has 1 aliphatic rings. The van der Waals surface area contributed by atoms with Gasteiger partial charge in [0.25, 0.3) is 5.69 Å². The average Bonchev–Trinajstić information content (AvgIpc) is 2.62. The number of nitro groups is 1. The van der Waals surface area contributed by atoms with Gasteiger partial charge in [0.15, 0.2) is 0 Å². The molecule has 0 spiro atoms. The molecule has 1 unspecified atom stereocenters. The summed E-state index contributed by atoms with van der Waals surface area (Å²) in [5.41, 5.74) is 3.24. The van der Waals surface area contributed by atoms with Gasteiger partial charge in [-0.3, -0.25) is 10.1 Å². The first-order valence-corrected chi connectivity index (χ1v) is 6.81. The van der Waals surface area contributed by atoms with Crippen LogP contribution in [0.25, 0.3) is 0 Å². The van der Waals surface area contributed by atoms with Crippen molar-refractivity contribution in [2.75, 3.05) is 5.32 Å². The van der Waals surface area contributed by atoms with Crippen molar-refractivity contribution in [3.8, 4) is 0 Å². The summed E-state index contributed by atoms with van der Waals surface area (Å²) in [6.45, 7) is 8.40. The van der Waals surface area contributed by atoms with Gasteiger partial charge in [-0.2, -0.15) is 0 Å². The van der Waals surface area contributed by atoms with Gasteiger partial charge in [0.2, 0.25) is 0 Å². The molecule has 4 nitrogen and oxygen atoms in total. The van der Waals surface area contributed by atoms with Gasteiger partial charge < -0.3 is 5.32 Å². The van der Waals surface area contributed by atoms with Crippen molar-refractivity contribution in [3.05, 3.63) is 33.4 Å². The Kier molecular flexibility index (Phi) is 3.52. The molecular formula is C15H22N2O2. The molecule has 0 amide bonds. The van der Waals surface area contributed by atoms with Crippen molar-refractivity contribution >= 4 is 11.4 Å². The molecule has 0 aromatic heterocycles. The van der Waals surface area contributed by atoms with E-state index in [2.05, 4.69) is 19.2 Å². The maximum absolute atomic E-state index is 11.2. The van der Waals surface area contributed by atoms with E-state index in [-0.39, 0.29) is 10.6 Å². The van der Waals surface area contributed by atoms with Gasteiger partial charge in [0.05, 0.1) is 4.92 Å². The van der Waals surface area contributed by atoms with E-state index in [1.165, 1.54) is 6.42 Å². The van der Waals surface area contributed by atoms with Crippen LogP contribution >= 0.6 is 0 Å². The molecule has 0 saturated heterocycles. The van der Waals surface area contributed by atoms with E-state index in [9.17, 15) is 10.1 Å². The van der Waals surface area contributed by atoms with Gasteiger partial charge in [-0.05, 0) is 55.7 Å². The van der Waals surface area contributed by atoms with Crippen LogP contribution in [-0.2, 0) is 0 Å². The highest BCUT2D eigenvalue weighted by Crippen LogP contribution is 2.39. The smallest absolute Gasteiger partial charge is 0.292 e. The number of hydrogen-bond donors (Lipinski definition) is 1. The molecular weight excluding hydrogens is 240 g/mol. The van der Waals surface area contributed by atoms with E-state index in [1.807, 2.05) is 19.9 Å². The fraction of sp³-hybridized carbons (Fsp3) is 0.600. The van der Waals surface area contributed by atoms with Crippen molar-refractivity contribution in [2.45, 2.75) is 53.0 Å². The van der Waals surface area contributed by atoms with Crippen LogP contribution in [0, 0.1) is 29.4 Å². The molecule has 0 heterocycles. The van der Waals surface area contributed by atoms with Crippen LogP contribution in [-0.4, -0.2) is 11.0 Å². The molecule has 1 atom stereocenters. The average molecular weight is 262 g/mol. The SMILES string of the molecule is Cc1cc(NC2CCC(C)(C)C2)c([N+](=O)[O-])cc1C. The van der Waals surface area contributed by atoms with Gasteiger partial charge in [-0.15, -0.1) is 0 Å². The number of anilines is 1. The molecule has 1 saturated carbocycles. The molecule has 0 aliphatic heterocycles. The van der Waals surface area contributed by atoms with Crippen LogP contribution in [0.1, 0.15) is 44.2 Å². The minimum Gasteiger partial charge on any atom is -0.377 e. The molecule has 1 aromatic rings. The summed E-state index contributed by atoms with van der Waals surface area (Å²) in [6, 6.07) is 3.91. The molecule has 104 valence electrons. The summed E-state index contributed by atoms with van der Waals surface area (Å²) >= 11 is 0. The third kappa shape index (κ3) is 3.06.